The molecule has 1 aromatic rings. The SMILES string of the molecule is CCC(C)Sc1ccc(NC(=O)CC2CCS(=O)(=O)C2)c(C)c1. The molecule has 0 aliphatic carbocycles. The van der Waals surface area contributed by atoms with Gasteiger partial charge in [0, 0.05) is 22.3 Å². The van der Waals surface area contributed by atoms with Crippen molar-refractivity contribution in [2.24, 2.45) is 5.92 Å². The van der Waals surface area contributed by atoms with Gasteiger partial charge in [-0.3, -0.25) is 4.79 Å². The van der Waals surface area contributed by atoms with Crippen molar-refractivity contribution < 1.29 is 13.2 Å². The van der Waals surface area contributed by atoms with Crippen LogP contribution in [0.2, 0.25) is 0 Å². The van der Waals surface area contributed by atoms with Crippen LogP contribution in [0, 0.1) is 12.8 Å². The Morgan fingerprint density at radius 1 is 1.43 bits per heavy atom. The summed E-state index contributed by atoms with van der Waals surface area (Å²) in [6, 6.07) is 6.05. The summed E-state index contributed by atoms with van der Waals surface area (Å²) in [4.78, 5) is 13.3. The first-order chi connectivity index (χ1) is 10.8. The molecular formula is C17H25NO3S2. The lowest BCUT2D eigenvalue weighted by Gasteiger charge is -2.13. The maximum atomic E-state index is 12.1. The summed E-state index contributed by atoms with van der Waals surface area (Å²) in [6.45, 7) is 6.35. The fourth-order valence-corrected chi connectivity index (χ4v) is 5.55. The van der Waals surface area contributed by atoms with Gasteiger partial charge in [0.15, 0.2) is 9.84 Å². The van der Waals surface area contributed by atoms with Crippen molar-refractivity contribution in [3.05, 3.63) is 23.8 Å². The van der Waals surface area contributed by atoms with Crippen LogP contribution in [-0.4, -0.2) is 31.1 Å². The molecule has 1 fully saturated rings. The second-order valence-corrected chi connectivity index (χ2v) is 10.1. The maximum absolute atomic E-state index is 12.1. The molecule has 6 heteroatoms. The highest BCUT2D eigenvalue weighted by molar-refractivity contribution is 8.00. The lowest BCUT2D eigenvalue weighted by atomic mass is 10.0. The molecule has 1 N–H and O–H groups in total. The number of aryl methyl sites for hydroxylation is 1. The lowest BCUT2D eigenvalue weighted by Crippen LogP contribution is -2.18. The Kier molecular flexibility index (Phi) is 6.14. The molecule has 4 nitrogen and oxygen atoms in total. The average Bonchev–Trinajstić information content (AvgIpc) is 2.80. The highest BCUT2D eigenvalue weighted by Gasteiger charge is 2.29. The Hall–Kier alpha value is -1.01. The molecular weight excluding hydrogens is 330 g/mol. The summed E-state index contributed by atoms with van der Waals surface area (Å²) in [6.07, 6.45) is 1.99. The molecule has 1 amide bonds. The normalized spacial score (nSPS) is 21.1. The van der Waals surface area contributed by atoms with Gasteiger partial charge >= 0.3 is 0 Å². The number of sulfone groups is 1. The van der Waals surface area contributed by atoms with Gasteiger partial charge in [0.25, 0.3) is 0 Å². The second kappa shape index (κ2) is 7.71. The molecule has 1 aliphatic heterocycles. The van der Waals surface area contributed by atoms with E-state index in [0.29, 0.717) is 11.7 Å². The number of amides is 1. The van der Waals surface area contributed by atoms with Crippen molar-refractivity contribution in [3.8, 4) is 0 Å². The van der Waals surface area contributed by atoms with E-state index in [9.17, 15) is 13.2 Å². The molecule has 2 atom stereocenters. The lowest BCUT2D eigenvalue weighted by molar-refractivity contribution is -0.116. The molecule has 1 saturated heterocycles. The third-order valence-electron chi connectivity index (χ3n) is 4.18. The third-order valence-corrected chi connectivity index (χ3v) is 7.28. The Balaban J connectivity index is 1.93. The average molecular weight is 356 g/mol. The Morgan fingerprint density at radius 2 is 2.17 bits per heavy atom. The van der Waals surface area contributed by atoms with Crippen molar-refractivity contribution in [3.63, 3.8) is 0 Å². The number of hydrogen-bond acceptors (Lipinski definition) is 4. The zero-order valence-electron chi connectivity index (χ0n) is 14.0. The number of rotatable bonds is 6. The Morgan fingerprint density at radius 3 is 2.74 bits per heavy atom. The second-order valence-electron chi connectivity index (χ2n) is 6.33. The fourth-order valence-electron chi connectivity index (χ4n) is 2.66. The van der Waals surface area contributed by atoms with E-state index >= 15 is 0 Å². The molecule has 0 saturated carbocycles. The quantitative estimate of drug-likeness (QED) is 0.791. The predicted octanol–water partition coefficient (Wildman–Crippen LogP) is 3.65. The van der Waals surface area contributed by atoms with Crippen LogP contribution in [0.1, 0.15) is 38.7 Å². The minimum Gasteiger partial charge on any atom is -0.326 e. The van der Waals surface area contributed by atoms with E-state index in [1.165, 1.54) is 4.90 Å². The van der Waals surface area contributed by atoms with Gasteiger partial charge in [-0.25, -0.2) is 8.42 Å². The molecule has 0 spiro atoms. The van der Waals surface area contributed by atoms with Crippen LogP contribution in [0.25, 0.3) is 0 Å². The molecule has 0 bridgehead atoms. The number of carbonyl (C=O) groups is 1. The minimum absolute atomic E-state index is 0.0412. The number of hydrogen-bond donors (Lipinski definition) is 1. The van der Waals surface area contributed by atoms with Gasteiger partial charge in [-0.2, -0.15) is 0 Å². The van der Waals surface area contributed by atoms with Crippen LogP contribution < -0.4 is 5.32 Å². The molecule has 1 heterocycles. The van der Waals surface area contributed by atoms with E-state index < -0.39 is 9.84 Å². The topological polar surface area (TPSA) is 63.2 Å². The van der Waals surface area contributed by atoms with E-state index in [-0.39, 0.29) is 29.8 Å². The molecule has 0 aromatic heterocycles. The molecule has 128 valence electrons. The van der Waals surface area contributed by atoms with Gasteiger partial charge in [-0.1, -0.05) is 13.8 Å². The summed E-state index contributed by atoms with van der Waals surface area (Å²) in [5, 5.41) is 3.48. The standard InChI is InChI=1S/C17H25NO3S2/c1-4-13(3)22-15-5-6-16(12(2)9-15)18-17(19)10-14-7-8-23(20,21)11-14/h5-6,9,13-14H,4,7-8,10-11H2,1-3H3,(H,18,19). The van der Waals surface area contributed by atoms with Crippen molar-refractivity contribution >= 4 is 33.2 Å². The van der Waals surface area contributed by atoms with Gasteiger partial charge in [-0.15, -0.1) is 11.8 Å². The highest BCUT2D eigenvalue weighted by atomic mass is 32.2. The van der Waals surface area contributed by atoms with Crippen LogP contribution in [0.4, 0.5) is 5.69 Å². The fraction of sp³-hybridized carbons (Fsp3) is 0.588. The van der Waals surface area contributed by atoms with Gasteiger partial charge in [0.2, 0.25) is 5.91 Å². The van der Waals surface area contributed by atoms with E-state index in [1.807, 2.05) is 30.8 Å². The zero-order valence-corrected chi connectivity index (χ0v) is 15.6. The Bertz CT molecular complexity index is 670. The van der Waals surface area contributed by atoms with Crippen molar-refractivity contribution in [1.82, 2.24) is 0 Å². The molecule has 0 radical (unpaired) electrons. The summed E-state index contributed by atoms with van der Waals surface area (Å²) >= 11 is 1.83. The predicted molar refractivity (Wildman–Crippen MR) is 96.8 cm³/mol. The van der Waals surface area contributed by atoms with Gasteiger partial charge in [0.05, 0.1) is 11.5 Å². The van der Waals surface area contributed by atoms with Crippen molar-refractivity contribution in [1.29, 1.82) is 0 Å². The van der Waals surface area contributed by atoms with Crippen LogP contribution >= 0.6 is 11.8 Å². The molecule has 1 aliphatic rings. The van der Waals surface area contributed by atoms with E-state index in [2.05, 4.69) is 25.2 Å². The molecule has 2 rings (SSSR count). The first kappa shape index (κ1) is 18.3. The third kappa shape index (κ3) is 5.53. The van der Waals surface area contributed by atoms with Crippen molar-refractivity contribution in [2.45, 2.75) is 50.2 Å². The molecule has 2 unspecified atom stereocenters. The van der Waals surface area contributed by atoms with Gasteiger partial charge < -0.3 is 5.32 Å². The van der Waals surface area contributed by atoms with E-state index in [1.54, 1.807) is 0 Å². The van der Waals surface area contributed by atoms with Crippen LogP contribution in [0.5, 0.6) is 0 Å². The molecule has 1 aromatic carbocycles. The number of carbonyl (C=O) groups excluding carboxylic acids is 1. The van der Waals surface area contributed by atoms with Crippen molar-refractivity contribution in [2.75, 3.05) is 16.8 Å². The van der Waals surface area contributed by atoms with Crippen LogP contribution in [0.15, 0.2) is 23.1 Å². The van der Waals surface area contributed by atoms with Gasteiger partial charge in [0.1, 0.15) is 0 Å². The van der Waals surface area contributed by atoms with E-state index in [0.717, 1.165) is 17.7 Å². The largest absolute Gasteiger partial charge is 0.326 e. The summed E-state index contributed by atoms with van der Waals surface area (Å²) in [5.41, 5.74) is 1.84. The van der Waals surface area contributed by atoms with Gasteiger partial charge in [-0.05, 0) is 49.4 Å². The smallest absolute Gasteiger partial charge is 0.224 e. The number of thioether (sulfide) groups is 1. The highest BCUT2D eigenvalue weighted by Crippen LogP contribution is 2.29. The summed E-state index contributed by atoms with van der Waals surface area (Å²) in [5.74, 6) is 0.216. The zero-order chi connectivity index (χ0) is 17.0. The number of nitrogens with one attached hydrogen (secondary N) is 1. The first-order valence-electron chi connectivity index (χ1n) is 8.06. The maximum Gasteiger partial charge on any atom is 0.224 e. The van der Waals surface area contributed by atoms with E-state index in [4.69, 9.17) is 0 Å². The first-order valence-corrected chi connectivity index (χ1v) is 10.8. The summed E-state index contributed by atoms with van der Waals surface area (Å²) < 4.78 is 22.9. The van der Waals surface area contributed by atoms with Crippen LogP contribution in [-0.2, 0) is 14.6 Å². The van der Waals surface area contributed by atoms with Crippen LogP contribution in [0.3, 0.4) is 0 Å². The summed E-state index contributed by atoms with van der Waals surface area (Å²) in [7, 11) is -2.92. The minimum atomic E-state index is -2.92. The Labute approximate surface area is 143 Å². The molecule has 23 heavy (non-hydrogen) atoms. The number of anilines is 1. The monoisotopic (exact) mass is 355 g/mol. The number of benzene rings is 1.